The summed E-state index contributed by atoms with van der Waals surface area (Å²) >= 11 is 3.36. The number of aromatic nitrogens is 3. The molecule has 3 aromatic rings. The van der Waals surface area contributed by atoms with Gasteiger partial charge in [-0.25, -0.2) is 4.98 Å². The van der Waals surface area contributed by atoms with Crippen LogP contribution in [0.15, 0.2) is 41.0 Å². The Morgan fingerprint density at radius 3 is 2.90 bits per heavy atom. The van der Waals surface area contributed by atoms with Crippen molar-refractivity contribution in [3.8, 4) is 0 Å². The van der Waals surface area contributed by atoms with Crippen molar-refractivity contribution in [1.82, 2.24) is 14.8 Å². The van der Waals surface area contributed by atoms with E-state index in [1.54, 1.807) is 23.0 Å². The predicted molar refractivity (Wildman–Crippen MR) is 85.3 cm³/mol. The lowest BCUT2D eigenvalue weighted by Crippen LogP contribution is -2.12. The summed E-state index contributed by atoms with van der Waals surface area (Å²) in [6.07, 6.45) is 1.64. The maximum Gasteiger partial charge on any atom is 0.255 e. The Morgan fingerprint density at radius 1 is 1.33 bits per heavy atom. The van der Waals surface area contributed by atoms with Crippen LogP contribution in [0.4, 0.5) is 5.69 Å². The van der Waals surface area contributed by atoms with Crippen LogP contribution in [-0.4, -0.2) is 20.7 Å². The zero-order valence-corrected chi connectivity index (χ0v) is 13.2. The van der Waals surface area contributed by atoms with E-state index in [9.17, 15) is 4.79 Å². The van der Waals surface area contributed by atoms with Crippen molar-refractivity contribution < 1.29 is 4.79 Å². The fraction of sp³-hybridized carbons (Fsp3) is 0.133. The molecule has 0 aliphatic heterocycles. The van der Waals surface area contributed by atoms with Gasteiger partial charge in [-0.3, -0.25) is 9.48 Å². The highest BCUT2D eigenvalue weighted by atomic mass is 79.9. The summed E-state index contributed by atoms with van der Waals surface area (Å²) in [6, 6.07) is 9.13. The minimum atomic E-state index is -0.168. The highest BCUT2D eigenvalue weighted by molar-refractivity contribution is 9.10. The molecule has 1 N–H and O–H groups in total. The summed E-state index contributed by atoms with van der Waals surface area (Å²) in [5, 5.41) is 8.10. The first-order valence-electron chi connectivity index (χ1n) is 6.41. The van der Waals surface area contributed by atoms with Crippen LogP contribution < -0.4 is 5.32 Å². The van der Waals surface area contributed by atoms with Gasteiger partial charge in [0.25, 0.3) is 5.91 Å². The summed E-state index contributed by atoms with van der Waals surface area (Å²) in [7, 11) is 1.85. The highest BCUT2D eigenvalue weighted by Gasteiger charge is 2.10. The molecule has 1 aromatic carbocycles. The molecule has 0 unspecified atom stereocenters. The normalized spacial score (nSPS) is 10.8. The first-order valence-corrected chi connectivity index (χ1v) is 7.20. The van der Waals surface area contributed by atoms with E-state index in [-0.39, 0.29) is 5.91 Å². The Morgan fingerprint density at radius 2 is 2.14 bits per heavy atom. The second-order valence-electron chi connectivity index (χ2n) is 4.77. The van der Waals surface area contributed by atoms with E-state index in [4.69, 9.17) is 0 Å². The maximum atomic E-state index is 12.2. The van der Waals surface area contributed by atoms with E-state index in [0.29, 0.717) is 11.3 Å². The minimum Gasteiger partial charge on any atom is -0.321 e. The van der Waals surface area contributed by atoms with Crippen molar-refractivity contribution in [3.63, 3.8) is 0 Å². The number of fused-ring (bicyclic) bond motifs is 1. The van der Waals surface area contributed by atoms with Crippen molar-refractivity contribution >= 4 is 38.6 Å². The number of hydrogen-bond donors (Lipinski definition) is 1. The number of nitrogens with zero attached hydrogens (tertiary/aromatic N) is 3. The molecule has 0 bridgehead atoms. The average molecular weight is 345 g/mol. The minimum absolute atomic E-state index is 0.168. The van der Waals surface area contributed by atoms with E-state index in [1.807, 2.05) is 32.2 Å². The molecule has 0 saturated heterocycles. The topological polar surface area (TPSA) is 59.8 Å². The largest absolute Gasteiger partial charge is 0.321 e. The Kier molecular flexibility index (Phi) is 3.47. The molecule has 1 amide bonds. The number of anilines is 1. The van der Waals surface area contributed by atoms with Crippen LogP contribution in [-0.2, 0) is 7.05 Å². The molecule has 3 rings (SSSR count). The number of pyridine rings is 1. The standard InChI is InChI=1S/C15H13BrN4O/c1-9-13-7-12(8-17-14(13)20(2)19-9)18-15(21)10-4-3-5-11(16)6-10/h3-8H,1-2H3,(H,18,21). The van der Waals surface area contributed by atoms with E-state index >= 15 is 0 Å². The number of carbonyl (C=O) groups excluding carboxylic acids is 1. The van der Waals surface area contributed by atoms with Gasteiger partial charge in [0.2, 0.25) is 0 Å². The number of carbonyl (C=O) groups is 1. The number of benzene rings is 1. The molecule has 0 atom stereocenters. The molecule has 0 aliphatic carbocycles. The molecule has 106 valence electrons. The summed E-state index contributed by atoms with van der Waals surface area (Å²) in [5.74, 6) is -0.168. The molecule has 0 aliphatic rings. The van der Waals surface area contributed by atoms with Crippen molar-refractivity contribution in [2.45, 2.75) is 6.92 Å². The Bertz CT molecular complexity index is 841. The molecule has 2 heterocycles. The molecular weight excluding hydrogens is 332 g/mol. The summed E-state index contributed by atoms with van der Waals surface area (Å²) < 4.78 is 2.59. The molecule has 0 saturated carbocycles. The van der Waals surface area contributed by atoms with E-state index < -0.39 is 0 Å². The molecule has 21 heavy (non-hydrogen) atoms. The third kappa shape index (κ3) is 2.67. The van der Waals surface area contributed by atoms with Crippen LogP contribution in [0.3, 0.4) is 0 Å². The third-order valence-corrected chi connectivity index (χ3v) is 3.70. The highest BCUT2D eigenvalue weighted by Crippen LogP contribution is 2.20. The maximum absolute atomic E-state index is 12.2. The van der Waals surface area contributed by atoms with Crippen molar-refractivity contribution in [2.24, 2.45) is 7.05 Å². The van der Waals surface area contributed by atoms with Gasteiger partial charge in [-0.1, -0.05) is 22.0 Å². The number of hydrogen-bond acceptors (Lipinski definition) is 3. The van der Waals surface area contributed by atoms with Gasteiger partial charge in [0.15, 0.2) is 5.65 Å². The summed E-state index contributed by atoms with van der Waals surface area (Å²) in [5.41, 5.74) is 2.93. The SMILES string of the molecule is Cc1nn(C)c2ncc(NC(=O)c3cccc(Br)c3)cc12. The Balaban J connectivity index is 1.91. The number of rotatable bonds is 2. The zero-order chi connectivity index (χ0) is 15.0. The van der Waals surface area contributed by atoms with Gasteiger partial charge in [0.05, 0.1) is 17.6 Å². The predicted octanol–water partition coefficient (Wildman–Crippen LogP) is 3.29. The van der Waals surface area contributed by atoms with Gasteiger partial charge < -0.3 is 5.32 Å². The van der Waals surface area contributed by atoms with Gasteiger partial charge in [-0.15, -0.1) is 0 Å². The lowest BCUT2D eigenvalue weighted by Gasteiger charge is -2.05. The molecule has 0 fully saturated rings. The fourth-order valence-electron chi connectivity index (χ4n) is 2.21. The molecule has 5 nitrogen and oxygen atoms in total. The fourth-order valence-corrected chi connectivity index (χ4v) is 2.61. The number of amides is 1. The smallest absolute Gasteiger partial charge is 0.255 e. The van der Waals surface area contributed by atoms with Crippen molar-refractivity contribution in [1.29, 1.82) is 0 Å². The van der Waals surface area contributed by atoms with Crippen molar-refractivity contribution in [3.05, 3.63) is 52.3 Å². The lowest BCUT2D eigenvalue weighted by molar-refractivity contribution is 0.102. The third-order valence-electron chi connectivity index (χ3n) is 3.21. The monoisotopic (exact) mass is 344 g/mol. The second-order valence-corrected chi connectivity index (χ2v) is 5.68. The first-order chi connectivity index (χ1) is 10.0. The van der Waals surface area contributed by atoms with E-state index in [1.165, 1.54) is 0 Å². The van der Waals surface area contributed by atoms with Crippen LogP contribution in [0, 0.1) is 6.92 Å². The van der Waals surface area contributed by atoms with Gasteiger partial charge in [0, 0.05) is 22.5 Å². The van der Waals surface area contributed by atoms with E-state index in [2.05, 4.69) is 31.3 Å². The van der Waals surface area contributed by atoms with Crippen LogP contribution >= 0.6 is 15.9 Å². The van der Waals surface area contributed by atoms with Gasteiger partial charge >= 0.3 is 0 Å². The number of halogens is 1. The summed E-state index contributed by atoms with van der Waals surface area (Å²) in [6.45, 7) is 1.92. The zero-order valence-electron chi connectivity index (χ0n) is 11.6. The quantitative estimate of drug-likeness (QED) is 0.775. The first kappa shape index (κ1) is 13.8. The van der Waals surface area contributed by atoms with Crippen LogP contribution in [0.25, 0.3) is 11.0 Å². The van der Waals surface area contributed by atoms with Crippen LogP contribution in [0.1, 0.15) is 16.1 Å². The van der Waals surface area contributed by atoms with Crippen LogP contribution in [0.5, 0.6) is 0 Å². The Labute approximate surface area is 130 Å². The Hall–Kier alpha value is -2.21. The molecule has 0 radical (unpaired) electrons. The molecule has 0 spiro atoms. The van der Waals surface area contributed by atoms with Crippen molar-refractivity contribution in [2.75, 3.05) is 5.32 Å². The van der Waals surface area contributed by atoms with Crippen LogP contribution in [0.2, 0.25) is 0 Å². The second kappa shape index (κ2) is 5.29. The van der Waals surface area contributed by atoms with Gasteiger partial charge in [0.1, 0.15) is 0 Å². The lowest BCUT2D eigenvalue weighted by atomic mass is 10.2. The number of aryl methyl sites for hydroxylation is 2. The molecule has 2 aromatic heterocycles. The molecular formula is C15H13BrN4O. The molecule has 6 heteroatoms. The summed E-state index contributed by atoms with van der Waals surface area (Å²) in [4.78, 5) is 16.6. The van der Waals surface area contributed by atoms with Gasteiger partial charge in [-0.05, 0) is 31.2 Å². The van der Waals surface area contributed by atoms with Gasteiger partial charge in [-0.2, -0.15) is 5.10 Å². The number of nitrogens with one attached hydrogen (secondary N) is 1. The van der Waals surface area contributed by atoms with E-state index in [0.717, 1.165) is 21.2 Å². The average Bonchev–Trinajstić information content (AvgIpc) is 2.74.